The van der Waals surface area contributed by atoms with Gasteiger partial charge >= 0.3 is 0 Å². The van der Waals surface area contributed by atoms with Crippen molar-refractivity contribution in [1.82, 2.24) is 0 Å². The van der Waals surface area contributed by atoms with Gasteiger partial charge in [-0.3, -0.25) is 4.79 Å². The Morgan fingerprint density at radius 1 is 1.33 bits per heavy atom. The molecule has 5 N–H and O–H groups in total. The molecule has 0 fully saturated rings. The average Bonchev–Trinajstić information content (AvgIpc) is 2.12. The normalized spacial score (nSPS) is 22.2. The van der Waals surface area contributed by atoms with Crippen molar-refractivity contribution in [3.8, 4) is 0 Å². The van der Waals surface area contributed by atoms with Gasteiger partial charge < -0.3 is 25.5 Å². The molecular formula is C6H12O6. The van der Waals surface area contributed by atoms with E-state index < -0.39 is 37.3 Å². The van der Waals surface area contributed by atoms with E-state index in [4.69, 9.17) is 26.9 Å². The van der Waals surface area contributed by atoms with E-state index in [2.05, 4.69) is 0 Å². The summed E-state index contributed by atoms with van der Waals surface area (Å²) < 4.78 is 6.53. The third-order valence-electron chi connectivity index (χ3n) is 1.28. The number of ketones is 1. The molecule has 0 heterocycles. The Bertz CT molecular complexity index is 173. The first-order chi connectivity index (χ1) is 5.91. The van der Waals surface area contributed by atoms with E-state index in [9.17, 15) is 4.79 Å². The van der Waals surface area contributed by atoms with Crippen LogP contribution < -0.4 is 0 Å². The zero-order chi connectivity index (χ0) is 10.6. The van der Waals surface area contributed by atoms with Crippen molar-refractivity contribution < 1.29 is 31.7 Å². The van der Waals surface area contributed by atoms with E-state index in [-0.39, 0.29) is 0 Å². The lowest BCUT2D eigenvalue weighted by Crippen LogP contribution is -2.43. The fourth-order valence-corrected chi connectivity index (χ4v) is 0.538. The number of hydrogen-bond donors (Lipinski definition) is 5. The molecule has 4 atom stereocenters. The zero-order valence-electron chi connectivity index (χ0n) is 7.16. The van der Waals surface area contributed by atoms with E-state index in [1.54, 1.807) is 0 Å². The molecule has 6 nitrogen and oxygen atoms in total. The third kappa shape index (κ3) is 2.84. The smallest absolute Gasteiger partial charge is 0.194 e. The number of Topliss-reactive ketones (excluding diaryl/α,β-unsaturated/α-hetero) is 1. The average molecular weight is 182 g/mol. The molecule has 0 aliphatic heterocycles. The number of carbonyl (C=O) groups is 1. The van der Waals surface area contributed by atoms with Crippen molar-refractivity contribution in [3.05, 3.63) is 0 Å². The monoisotopic (exact) mass is 182 g/mol. The first-order valence-electron chi connectivity index (χ1n) is 3.78. The largest absolute Gasteiger partial charge is 0.394 e. The third-order valence-corrected chi connectivity index (χ3v) is 1.28. The number of rotatable bonds is 5. The minimum atomic E-state index is -2.09. The highest BCUT2D eigenvalue weighted by atomic mass is 16.4. The molecule has 0 bridgehead atoms. The summed E-state index contributed by atoms with van der Waals surface area (Å²) in [4.78, 5) is 10.8. The van der Waals surface area contributed by atoms with Crippen molar-refractivity contribution in [1.29, 1.82) is 0 Å². The predicted octanol–water partition coefficient (Wildman–Crippen LogP) is -3.38. The van der Waals surface area contributed by atoms with E-state index in [1.165, 1.54) is 0 Å². The molecule has 0 aromatic carbocycles. The highest BCUT2D eigenvalue weighted by molar-refractivity contribution is 5.87. The Balaban J connectivity index is 4.25. The summed E-state index contributed by atoms with van der Waals surface area (Å²) in [6.45, 7) is -2.93. The summed E-state index contributed by atoms with van der Waals surface area (Å²) in [6.07, 6.45) is -5.81. The van der Waals surface area contributed by atoms with Crippen LogP contribution in [-0.2, 0) is 4.79 Å². The minimum Gasteiger partial charge on any atom is -0.394 e. The summed E-state index contributed by atoms with van der Waals surface area (Å²) in [5, 5.41) is 43.2. The molecule has 12 heavy (non-hydrogen) atoms. The summed E-state index contributed by atoms with van der Waals surface area (Å²) in [7, 11) is 0. The quantitative estimate of drug-likeness (QED) is 0.303. The number of carbonyl (C=O) groups excluding carboxylic acids is 1. The summed E-state index contributed by atoms with van der Waals surface area (Å²) in [5.41, 5.74) is 0. The van der Waals surface area contributed by atoms with Gasteiger partial charge in [-0.1, -0.05) is 0 Å². The second-order valence-corrected chi connectivity index (χ2v) is 2.19. The van der Waals surface area contributed by atoms with Crippen molar-refractivity contribution in [2.45, 2.75) is 18.3 Å². The first-order valence-corrected chi connectivity index (χ1v) is 3.21. The van der Waals surface area contributed by atoms with Gasteiger partial charge in [0.15, 0.2) is 5.78 Å². The molecule has 0 spiro atoms. The molecule has 0 saturated heterocycles. The molecule has 0 aromatic rings. The molecule has 0 saturated carbocycles. The van der Waals surface area contributed by atoms with Gasteiger partial charge in [-0.25, -0.2) is 0 Å². The van der Waals surface area contributed by atoms with Gasteiger partial charge in [0.1, 0.15) is 18.3 Å². The Morgan fingerprint density at radius 2 is 1.83 bits per heavy atom. The van der Waals surface area contributed by atoms with Gasteiger partial charge in [0.2, 0.25) is 0 Å². The van der Waals surface area contributed by atoms with Gasteiger partial charge in [0.25, 0.3) is 0 Å². The van der Waals surface area contributed by atoms with E-state index >= 15 is 0 Å². The van der Waals surface area contributed by atoms with Crippen LogP contribution in [0.15, 0.2) is 0 Å². The van der Waals surface area contributed by atoms with Crippen molar-refractivity contribution in [3.63, 3.8) is 0 Å². The van der Waals surface area contributed by atoms with Crippen LogP contribution in [0, 0.1) is 0 Å². The van der Waals surface area contributed by atoms with Crippen LogP contribution in [-0.4, -0.2) is 62.8 Å². The van der Waals surface area contributed by atoms with Gasteiger partial charge in [0, 0.05) is 0 Å². The van der Waals surface area contributed by atoms with Gasteiger partial charge in [-0.15, -0.1) is 0 Å². The van der Waals surface area contributed by atoms with Crippen LogP contribution in [0.1, 0.15) is 1.37 Å². The SMILES string of the molecule is [3H]C(O)[C@H](O)C(=O)[C@H](O)[C@H](O)CO. The van der Waals surface area contributed by atoms with E-state index in [1.807, 2.05) is 0 Å². The summed E-state index contributed by atoms with van der Waals surface area (Å²) in [5.74, 6) is -1.30. The molecule has 1 unspecified atom stereocenters. The fraction of sp³-hybridized carbons (Fsp3) is 0.833. The van der Waals surface area contributed by atoms with Crippen LogP contribution in [0.3, 0.4) is 0 Å². The molecule has 0 radical (unpaired) electrons. The maximum Gasteiger partial charge on any atom is 0.194 e. The van der Waals surface area contributed by atoms with Crippen LogP contribution in [0.5, 0.6) is 0 Å². The van der Waals surface area contributed by atoms with Crippen molar-refractivity contribution in [2.24, 2.45) is 0 Å². The Hall–Kier alpha value is -0.530. The van der Waals surface area contributed by atoms with Crippen LogP contribution in [0.4, 0.5) is 0 Å². The number of hydrogen-bond acceptors (Lipinski definition) is 6. The second-order valence-electron chi connectivity index (χ2n) is 2.19. The Morgan fingerprint density at radius 3 is 2.17 bits per heavy atom. The van der Waals surface area contributed by atoms with Crippen molar-refractivity contribution >= 4 is 5.78 Å². The maximum atomic E-state index is 10.8. The topological polar surface area (TPSA) is 118 Å². The first kappa shape index (κ1) is 9.56. The molecule has 0 aromatic heterocycles. The van der Waals surface area contributed by atoms with E-state index in [0.29, 0.717) is 0 Å². The van der Waals surface area contributed by atoms with Crippen LogP contribution in [0.2, 0.25) is 0 Å². The lowest BCUT2D eigenvalue weighted by Gasteiger charge is -2.16. The van der Waals surface area contributed by atoms with E-state index in [0.717, 1.165) is 0 Å². The van der Waals surface area contributed by atoms with Crippen molar-refractivity contribution in [2.75, 3.05) is 13.2 Å². The molecule has 72 valence electrons. The minimum absolute atomic E-state index is 0.853. The summed E-state index contributed by atoms with van der Waals surface area (Å²) >= 11 is 0. The molecule has 0 rings (SSSR count). The fourth-order valence-electron chi connectivity index (χ4n) is 0.538. The molecule has 0 aliphatic rings. The highest BCUT2D eigenvalue weighted by Crippen LogP contribution is 1.98. The Labute approximate surface area is 70.1 Å². The van der Waals surface area contributed by atoms with Gasteiger partial charge in [0.05, 0.1) is 14.6 Å². The summed E-state index contributed by atoms with van der Waals surface area (Å²) in [6, 6.07) is 0. The number of aliphatic hydroxyl groups excluding tert-OH is 5. The standard InChI is InChI=1S/C6H12O6/c7-1-3(9)5(11)6(12)4(10)2-8/h3-5,7-11H,1-2H2/t3-,4+,5-/m1/s1/i2T/t2?,3-,4+,5-. The second kappa shape index (κ2) is 5.18. The predicted molar refractivity (Wildman–Crippen MR) is 37.2 cm³/mol. The molecule has 0 amide bonds. The van der Waals surface area contributed by atoms with Crippen LogP contribution in [0.25, 0.3) is 0 Å². The zero-order valence-corrected chi connectivity index (χ0v) is 6.16. The molecule has 0 aliphatic carbocycles. The highest BCUT2D eigenvalue weighted by Gasteiger charge is 2.28. The molecular weight excluding hydrogens is 168 g/mol. The lowest BCUT2D eigenvalue weighted by atomic mass is 10.1. The maximum absolute atomic E-state index is 10.8. The van der Waals surface area contributed by atoms with Crippen LogP contribution >= 0.6 is 0 Å². The lowest BCUT2D eigenvalue weighted by molar-refractivity contribution is -0.144. The van der Waals surface area contributed by atoms with Gasteiger partial charge in [-0.05, 0) is 0 Å². The Kier molecular flexibility index (Phi) is 4.12. The number of aliphatic hydroxyl groups is 5. The molecule has 6 heteroatoms. The van der Waals surface area contributed by atoms with Gasteiger partial charge in [-0.2, -0.15) is 0 Å².